The van der Waals surface area contributed by atoms with E-state index in [-0.39, 0.29) is 11.8 Å². The molecule has 0 heterocycles. The molecule has 0 saturated heterocycles. The maximum Gasteiger partial charge on any atom is 0.126 e. The molecule has 0 aliphatic carbocycles. The maximum absolute atomic E-state index is 13.0. The van der Waals surface area contributed by atoms with Crippen LogP contribution in [-0.4, -0.2) is 50.5 Å². The molecule has 1 N–H and O–H groups in total. The summed E-state index contributed by atoms with van der Waals surface area (Å²) in [5.74, 6) is -0.457. The Morgan fingerprint density at radius 2 is 1.79 bits per heavy atom. The molecular weight excluding hydrogens is 249 g/mol. The Morgan fingerprint density at radius 1 is 1.21 bits per heavy atom. The van der Waals surface area contributed by atoms with E-state index >= 15 is 0 Å². The molecule has 0 radical (unpaired) electrons. The summed E-state index contributed by atoms with van der Waals surface area (Å²) in [5.41, 5.74) is 0.702. The molecule has 1 unspecified atom stereocenters. The van der Waals surface area contributed by atoms with E-state index in [0.29, 0.717) is 18.8 Å². The van der Waals surface area contributed by atoms with Gasteiger partial charge in [-0.3, -0.25) is 4.90 Å². The molecular formula is C14H22FNO3. The van der Waals surface area contributed by atoms with E-state index in [0.717, 1.165) is 19.2 Å². The number of halogens is 1. The van der Waals surface area contributed by atoms with Crippen LogP contribution in [-0.2, 0) is 9.47 Å². The van der Waals surface area contributed by atoms with Gasteiger partial charge >= 0.3 is 0 Å². The highest BCUT2D eigenvalue weighted by molar-refractivity contribution is 5.34. The zero-order valence-corrected chi connectivity index (χ0v) is 11.7. The fourth-order valence-corrected chi connectivity index (χ4v) is 1.98. The highest BCUT2D eigenvalue weighted by Crippen LogP contribution is 2.28. The Morgan fingerprint density at radius 3 is 2.26 bits per heavy atom. The van der Waals surface area contributed by atoms with Crippen LogP contribution in [0.4, 0.5) is 4.39 Å². The smallest absolute Gasteiger partial charge is 0.126 e. The van der Waals surface area contributed by atoms with Gasteiger partial charge in [-0.15, -0.1) is 0 Å². The standard InChI is InChI=1S/C14H22FNO3/c1-11(13-5-4-12(15)10-14(13)17)16(6-8-18-2)7-9-19-3/h4-5,10-11,17H,6-9H2,1-3H3. The Bertz CT molecular complexity index is 379. The fourth-order valence-electron chi connectivity index (χ4n) is 1.98. The van der Waals surface area contributed by atoms with Gasteiger partial charge in [0.15, 0.2) is 0 Å². The minimum Gasteiger partial charge on any atom is -0.508 e. The first-order chi connectivity index (χ1) is 9.10. The van der Waals surface area contributed by atoms with Gasteiger partial charge in [-0.25, -0.2) is 4.39 Å². The monoisotopic (exact) mass is 271 g/mol. The molecule has 4 nitrogen and oxygen atoms in total. The summed E-state index contributed by atoms with van der Waals surface area (Å²) in [7, 11) is 3.29. The summed E-state index contributed by atoms with van der Waals surface area (Å²) in [6, 6.07) is 4.07. The van der Waals surface area contributed by atoms with Gasteiger partial charge in [0.2, 0.25) is 0 Å². The minimum atomic E-state index is -0.436. The molecule has 1 aromatic rings. The van der Waals surface area contributed by atoms with E-state index in [1.165, 1.54) is 6.07 Å². The third-order valence-electron chi connectivity index (χ3n) is 3.16. The lowest BCUT2D eigenvalue weighted by molar-refractivity contribution is 0.0912. The predicted molar refractivity (Wildman–Crippen MR) is 71.8 cm³/mol. The highest BCUT2D eigenvalue weighted by Gasteiger charge is 2.18. The number of hydrogen-bond acceptors (Lipinski definition) is 4. The number of hydrogen-bond donors (Lipinski definition) is 1. The van der Waals surface area contributed by atoms with Crippen LogP contribution in [0.5, 0.6) is 5.75 Å². The summed E-state index contributed by atoms with van der Waals surface area (Å²) in [5, 5.41) is 9.83. The summed E-state index contributed by atoms with van der Waals surface area (Å²) >= 11 is 0. The second kappa shape index (κ2) is 8.09. The van der Waals surface area contributed by atoms with E-state index in [2.05, 4.69) is 4.90 Å². The molecule has 0 bridgehead atoms. The molecule has 0 aliphatic heterocycles. The quantitative estimate of drug-likeness (QED) is 0.787. The van der Waals surface area contributed by atoms with Crippen LogP contribution in [0.15, 0.2) is 18.2 Å². The molecule has 0 aliphatic rings. The van der Waals surface area contributed by atoms with E-state index in [1.807, 2.05) is 6.92 Å². The Hall–Kier alpha value is -1.17. The molecule has 1 rings (SSSR count). The van der Waals surface area contributed by atoms with Crippen molar-refractivity contribution < 1.29 is 19.0 Å². The molecule has 0 aromatic heterocycles. The lowest BCUT2D eigenvalue weighted by Gasteiger charge is -2.29. The molecule has 0 spiro atoms. The number of phenolic OH excluding ortho intramolecular Hbond substituents is 1. The van der Waals surface area contributed by atoms with Crippen LogP contribution in [0.2, 0.25) is 0 Å². The van der Waals surface area contributed by atoms with E-state index in [9.17, 15) is 9.50 Å². The first-order valence-corrected chi connectivity index (χ1v) is 6.30. The van der Waals surface area contributed by atoms with Crippen molar-refractivity contribution in [3.05, 3.63) is 29.6 Å². The van der Waals surface area contributed by atoms with Crippen molar-refractivity contribution >= 4 is 0 Å². The third kappa shape index (κ3) is 4.78. The highest BCUT2D eigenvalue weighted by atomic mass is 19.1. The zero-order valence-electron chi connectivity index (χ0n) is 11.7. The number of phenols is 1. The van der Waals surface area contributed by atoms with E-state index in [4.69, 9.17) is 9.47 Å². The van der Waals surface area contributed by atoms with Crippen molar-refractivity contribution in [2.75, 3.05) is 40.5 Å². The van der Waals surface area contributed by atoms with Gasteiger partial charge in [0.1, 0.15) is 11.6 Å². The van der Waals surface area contributed by atoms with Crippen molar-refractivity contribution in [2.45, 2.75) is 13.0 Å². The van der Waals surface area contributed by atoms with Crippen LogP contribution >= 0.6 is 0 Å². The average molecular weight is 271 g/mol. The first kappa shape index (κ1) is 15.9. The van der Waals surface area contributed by atoms with Crippen LogP contribution in [0.25, 0.3) is 0 Å². The lowest BCUT2D eigenvalue weighted by Crippen LogP contribution is -2.33. The topological polar surface area (TPSA) is 41.9 Å². The molecule has 108 valence electrons. The summed E-state index contributed by atoms with van der Waals surface area (Å²) in [6.07, 6.45) is 0. The second-order valence-corrected chi connectivity index (χ2v) is 4.40. The second-order valence-electron chi connectivity index (χ2n) is 4.40. The number of ether oxygens (including phenoxy) is 2. The van der Waals surface area contributed by atoms with E-state index < -0.39 is 5.82 Å². The van der Waals surface area contributed by atoms with Gasteiger partial charge in [0, 0.05) is 45.0 Å². The van der Waals surface area contributed by atoms with Gasteiger partial charge in [0.05, 0.1) is 13.2 Å². The summed E-state index contributed by atoms with van der Waals surface area (Å²) < 4.78 is 23.2. The summed E-state index contributed by atoms with van der Waals surface area (Å²) in [6.45, 7) is 4.60. The average Bonchev–Trinajstić information content (AvgIpc) is 2.38. The van der Waals surface area contributed by atoms with Crippen molar-refractivity contribution in [1.29, 1.82) is 0 Å². The first-order valence-electron chi connectivity index (χ1n) is 6.30. The van der Waals surface area contributed by atoms with Gasteiger partial charge in [-0.05, 0) is 13.0 Å². The van der Waals surface area contributed by atoms with Gasteiger partial charge in [0.25, 0.3) is 0 Å². The predicted octanol–water partition coefficient (Wildman–Crippen LogP) is 2.19. The molecule has 5 heteroatoms. The Kier molecular flexibility index (Phi) is 6.77. The van der Waals surface area contributed by atoms with Crippen molar-refractivity contribution in [1.82, 2.24) is 4.90 Å². The van der Waals surface area contributed by atoms with Crippen molar-refractivity contribution in [3.63, 3.8) is 0 Å². The number of aromatic hydroxyl groups is 1. The number of rotatable bonds is 8. The Labute approximate surface area is 113 Å². The van der Waals surface area contributed by atoms with Gasteiger partial charge in [-0.1, -0.05) is 6.07 Å². The molecule has 1 aromatic carbocycles. The largest absolute Gasteiger partial charge is 0.508 e. The third-order valence-corrected chi connectivity index (χ3v) is 3.16. The van der Waals surface area contributed by atoms with Crippen molar-refractivity contribution in [3.8, 4) is 5.75 Å². The maximum atomic E-state index is 13.0. The van der Waals surface area contributed by atoms with E-state index in [1.54, 1.807) is 20.3 Å². The zero-order chi connectivity index (χ0) is 14.3. The van der Waals surface area contributed by atoms with Gasteiger partial charge in [-0.2, -0.15) is 0 Å². The molecule has 0 saturated carbocycles. The van der Waals surface area contributed by atoms with Crippen LogP contribution in [0.3, 0.4) is 0 Å². The fraction of sp³-hybridized carbons (Fsp3) is 0.571. The number of methoxy groups -OCH3 is 2. The van der Waals surface area contributed by atoms with Crippen LogP contribution in [0, 0.1) is 5.82 Å². The molecule has 0 fully saturated rings. The Balaban J connectivity index is 2.80. The summed E-state index contributed by atoms with van der Waals surface area (Å²) in [4.78, 5) is 2.12. The normalized spacial score (nSPS) is 12.9. The van der Waals surface area contributed by atoms with Crippen LogP contribution < -0.4 is 0 Å². The molecule has 0 amide bonds. The lowest BCUT2D eigenvalue weighted by atomic mass is 10.1. The SMILES string of the molecule is COCCN(CCOC)C(C)c1ccc(F)cc1O. The molecule has 19 heavy (non-hydrogen) atoms. The van der Waals surface area contributed by atoms with Crippen LogP contribution in [0.1, 0.15) is 18.5 Å². The minimum absolute atomic E-state index is 0.0210. The van der Waals surface area contributed by atoms with Gasteiger partial charge < -0.3 is 14.6 Å². The number of benzene rings is 1. The molecule has 1 atom stereocenters. The van der Waals surface area contributed by atoms with Crippen molar-refractivity contribution in [2.24, 2.45) is 0 Å². The number of nitrogens with zero attached hydrogens (tertiary/aromatic N) is 1.